The Morgan fingerprint density at radius 3 is 3.05 bits per heavy atom. The van der Waals surface area contributed by atoms with Crippen molar-refractivity contribution in [2.24, 2.45) is 5.73 Å². The standard InChI is InChI=1S/C13H18N4O3/c14-4-7-20-9-12(18)16-10-2-1-3-11(8-10)17-6-5-15-13(17)19/h1-3,8H,4-7,9,14H2,(H,15,19)(H,16,18). The van der Waals surface area contributed by atoms with Crippen LogP contribution in [0.1, 0.15) is 0 Å². The van der Waals surface area contributed by atoms with Crippen molar-refractivity contribution in [2.75, 3.05) is 43.1 Å². The Labute approximate surface area is 117 Å². The second-order valence-electron chi connectivity index (χ2n) is 4.32. The number of nitrogens with one attached hydrogen (secondary N) is 2. The maximum atomic E-state index is 11.6. The molecule has 1 aromatic rings. The summed E-state index contributed by atoms with van der Waals surface area (Å²) >= 11 is 0. The Morgan fingerprint density at radius 1 is 1.50 bits per heavy atom. The van der Waals surface area contributed by atoms with Crippen molar-refractivity contribution in [1.82, 2.24) is 5.32 Å². The van der Waals surface area contributed by atoms with Crippen molar-refractivity contribution in [1.29, 1.82) is 0 Å². The molecule has 108 valence electrons. The number of nitrogens with zero attached hydrogens (tertiary/aromatic N) is 1. The van der Waals surface area contributed by atoms with Gasteiger partial charge in [0.1, 0.15) is 6.61 Å². The summed E-state index contributed by atoms with van der Waals surface area (Å²) in [5, 5.41) is 5.45. The summed E-state index contributed by atoms with van der Waals surface area (Å²) in [5.41, 5.74) is 6.65. The highest BCUT2D eigenvalue weighted by atomic mass is 16.5. The Kier molecular flexibility index (Phi) is 4.91. The zero-order chi connectivity index (χ0) is 14.4. The van der Waals surface area contributed by atoms with E-state index < -0.39 is 0 Å². The summed E-state index contributed by atoms with van der Waals surface area (Å²) in [7, 11) is 0. The molecule has 7 nitrogen and oxygen atoms in total. The Hall–Kier alpha value is -2.12. The third-order valence-corrected chi connectivity index (χ3v) is 2.79. The number of carbonyl (C=O) groups is 2. The van der Waals surface area contributed by atoms with E-state index in [0.717, 1.165) is 5.69 Å². The number of carbonyl (C=O) groups excluding carboxylic acids is 2. The molecule has 0 atom stereocenters. The van der Waals surface area contributed by atoms with E-state index in [0.29, 0.717) is 31.9 Å². The van der Waals surface area contributed by atoms with Crippen LogP contribution >= 0.6 is 0 Å². The van der Waals surface area contributed by atoms with E-state index in [2.05, 4.69) is 10.6 Å². The summed E-state index contributed by atoms with van der Waals surface area (Å²) in [4.78, 5) is 24.8. The topological polar surface area (TPSA) is 96.7 Å². The van der Waals surface area contributed by atoms with E-state index in [1.165, 1.54) is 0 Å². The monoisotopic (exact) mass is 278 g/mol. The van der Waals surface area contributed by atoms with Crippen LogP contribution < -0.4 is 21.3 Å². The number of rotatable bonds is 6. The molecule has 7 heteroatoms. The molecule has 0 aromatic heterocycles. The minimum Gasteiger partial charge on any atom is -0.370 e. The highest BCUT2D eigenvalue weighted by Crippen LogP contribution is 2.20. The summed E-state index contributed by atoms with van der Waals surface area (Å²) in [6.07, 6.45) is 0. The van der Waals surface area contributed by atoms with Crippen LogP contribution in [0.25, 0.3) is 0 Å². The van der Waals surface area contributed by atoms with Crippen LogP contribution in [0.4, 0.5) is 16.2 Å². The maximum absolute atomic E-state index is 11.6. The fraction of sp³-hybridized carbons (Fsp3) is 0.385. The van der Waals surface area contributed by atoms with E-state index in [-0.39, 0.29) is 18.5 Å². The van der Waals surface area contributed by atoms with Crippen molar-refractivity contribution in [3.63, 3.8) is 0 Å². The van der Waals surface area contributed by atoms with E-state index >= 15 is 0 Å². The van der Waals surface area contributed by atoms with Gasteiger partial charge >= 0.3 is 6.03 Å². The zero-order valence-corrected chi connectivity index (χ0v) is 11.1. The van der Waals surface area contributed by atoms with E-state index in [1.807, 2.05) is 6.07 Å². The van der Waals surface area contributed by atoms with Gasteiger partial charge in [-0.2, -0.15) is 0 Å². The number of ether oxygens (including phenoxy) is 1. The van der Waals surface area contributed by atoms with Crippen molar-refractivity contribution >= 4 is 23.3 Å². The summed E-state index contributed by atoms with van der Waals surface area (Å²) in [5.74, 6) is -0.249. The van der Waals surface area contributed by atoms with Crippen molar-refractivity contribution in [2.45, 2.75) is 0 Å². The molecule has 1 aromatic carbocycles. The van der Waals surface area contributed by atoms with Gasteiger partial charge in [0.2, 0.25) is 5.91 Å². The van der Waals surface area contributed by atoms with Gasteiger partial charge in [-0.05, 0) is 18.2 Å². The lowest BCUT2D eigenvalue weighted by Gasteiger charge is -2.15. The zero-order valence-electron chi connectivity index (χ0n) is 11.1. The molecule has 0 aliphatic carbocycles. The molecule has 0 saturated carbocycles. The van der Waals surface area contributed by atoms with Gasteiger partial charge in [-0.3, -0.25) is 9.69 Å². The van der Waals surface area contributed by atoms with Crippen LogP contribution in [0.5, 0.6) is 0 Å². The lowest BCUT2D eigenvalue weighted by molar-refractivity contribution is -0.120. The number of benzene rings is 1. The van der Waals surface area contributed by atoms with Crippen molar-refractivity contribution in [3.8, 4) is 0 Å². The second kappa shape index (κ2) is 6.88. The minimum absolute atomic E-state index is 0.0361. The first-order valence-electron chi connectivity index (χ1n) is 6.44. The average Bonchev–Trinajstić information content (AvgIpc) is 2.85. The first-order chi connectivity index (χ1) is 9.70. The summed E-state index contributed by atoms with van der Waals surface area (Å²) < 4.78 is 5.05. The number of amides is 3. The van der Waals surface area contributed by atoms with Crippen LogP contribution in [-0.2, 0) is 9.53 Å². The molecule has 1 aliphatic heterocycles. The summed E-state index contributed by atoms with van der Waals surface area (Å²) in [6, 6.07) is 7.01. The number of anilines is 2. The van der Waals surface area contributed by atoms with Crippen LogP contribution in [0.2, 0.25) is 0 Å². The predicted molar refractivity (Wildman–Crippen MR) is 75.7 cm³/mol. The number of hydrogen-bond donors (Lipinski definition) is 3. The van der Waals surface area contributed by atoms with E-state index in [4.69, 9.17) is 10.5 Å². The molecule has 3 amide bonds. The SMILES string of the molecule is NCCOCC(=O)Nc1cccc(N2CCNC2=O)c1. The Morgan fingerprint density at radius 2 is 2.35 bits per heavy atom. The van der Waals surface area contributed by atoms with Gasteiger partial charge in [0.05, 0.1) is 6.61 Å². The van der Waals surface area contributed by atoms with Crippen LogP contribution in [0.3, 0.4) is 0 Å². The van der Waals surface area contributed by atoms with E-state index in [1.54, 1.807) is 23.1 Å². The van der Waals surface area contributed by atoms with Crippen molar-refractivity contribution < 1.29 is 14.3 Å². The molecule has 1 saturated heterocycles. The molecule has 0 unspecified atom stereocenters. The molecule has 1 aliphatic rings. The number of nitrogens with two attached hydrogens (primary N) is 1. The first-order valence-corrected chi connectivity index (χ1v) is 6.44. The molecule has 0 radical (unpaired) electrons. The first kappa shape index (κ1) is 14.3. The highest BCUT2D eigenvalue weighted by Gasteiger charge is 2.21. The summed E-state index contributed by atoms with van der Waals surface area (Å²) in [6.45, 7) is 1.94. The third kappa shape index (κ3) is 3.69. The smallest absolute Gasteiger partial charge is 0.321 e. The predicted octanol–water partition coefficient (Wildman–Crippen LogP) is 0.130. The van der Waals surface area contributed by atoms with E-state index in [9.17, 15) is 9.59 Å². The number of urea groups is 1. The van der Waals surface area contributed by atoms with Gasteiger partial charge in [-0.1, -0.05) is 6.07 Å². The van der Waals surface area contributed by atoms with Crippen LogP contribution in [0.15, 0.2) is 24.3 Å². The fourth-order valence-corrected chi connectivity index (χ4v) is 1.91. The van der Waals surface area contributed by atoms with Crippen molar-refractivity contribution in [3.05, 3.63) is 24.3 Å². The van der Waals surface area contributed by atoms with Gasteiger partial charge in [0, 0.05) is 31.0 Å². The lowest BCUT2D eigenvalue weighted by Crippen LogP contribution is -2.27. The van der Waals surface area contributed by atoms with Crippen LogP contribution in [0, 0.1) is 0 Å². The molecule has 2 rings (SSSR count). The van der Waals surface area contributed by atoms with Gasteiger partial charge in [0.15, 0.2) is 0 Å². The molecular formula is C13H18N4O3. The van der Waals surface area contributed by atoms with Gasteiger partial charge in [0.25, 0.3) is 0 Å². The fourth-order valence-electron chi connectivity index (χ4n) is 1.91. The quantitative estimate of drug-likeness (QED) is 0.644. The van der Waals surface area contributed by atoms with Gasteiger partial charge in [-0.25, -0.2) is 4.79 Å². The molecule has 20 heavy (non-hydrogen) atoms. The molecule has 0 spiro atoms. The molecular weight excluding hydrogens is 260 g/mol. The number of hydrogen-bond acceptors (Lipinski definition) is 4. The average molecular weight is 278 g/mol. The van der Waals surface area contributed by atoms with Gasteiger partial charge in [-0.15, -0.1) is 0 Å². The second-order valence-corrected chi connectivity index (χ2v) is 4.32. The largest absolute Gasteiger partial charge is 0.370 e. The normalized spacial score (nSPS) is 14.2. The third-order valence-electron chi connectivity index (χ3n) is 2.79. The molecule has 0 bridgehead atoms. The highest BCUT2D eigenvalue weighted by molar-refractivity contribution is 5.96. The lowest BCUT2D eigenvalue weighted by atomic mass is 10.2. The molecule has 1 heterocycles. The maximum Gasteiger partial charge on any atom is 0.321 e. The molecule has 1 fully saturated rings. The minimum atomic E-state index is -0.249. The Balaban J connectivity index is 1.95. The van der Waals surface area contributed by atoms with Gasteiger partial charge < -0.3 is 21.1 Å². The van der Waals surface area contributed by atoms with Crippen LogP contribution in [-0.4, -0.2) is 44.8 Å². The Bertz CT molecular complexity index is 492. The molecule has 4 N–H and O–H groups in total.